The van der Waals surface area contributed by atoms with Crippen molar-refractivity contribution in [3.63, 3.8) is 0 Å². The normalized spacial score (nSPS) is 16.5. The molecule has 0 spiro atoms. The van der Waals surface area contributed by atoms with Gasteiger partial charge in [0.05, 0.1) is 13.1 Å². The Hall–Kier alpha value is -1.83. The molecule has 0 atom stereocenters. The summed E-state index contributed by atoms with van der Waals surface area (Å²) in [5, 5.41) is 0. The van der Waals surface area contributed by atoms with Crippen LogP contribution in [0, 0.1) is 11.8 Å². The largest absolute Gasteiger partial charge is 0.345 e. The first-order chi connectivity index (χ1) is 9.70. The van der Waals surface area contributed by atoms with Crippen molar-refractivity contribution < 1.29 is 4.79 Å². The highest BCUT2D eigenvalue weighted by atomic mass is 16.2. The van der Waals surface area contributed by atoms with E-state index in [2.05, 4.69) is 22.8 Å². The third kappa shape index (κ3) is 3.83. The third-order valence-electron chi connectivity index (χ3n) is 3.49. The zero-order valence-electron chi connectivity index (χ0n) is 11.9. The van der Waals surface area contributed by atoms with Gasteiger partial charge < -0.3 is 10.6 Å². The van der Waals surface area contributed by atoms with E-state index in [-0.39, 0.29) is 5.91 Å². The Morgan fingerprint density at radius 2 is 2.10 bits per heavy atom. The van der Waals surface area contributed by atoms with Gasteiger partial charge in [0.2, 0.25) is 5.91 Å². The number of carbonyl (C=O) groups is 1. The monoisotopic (exact) mass is 271 g/mol. The highest BCUT2D eigenvalue weighted by Crippen LogP contribution is 2.13. The predicted molar refractivity (Wildman–Crippen MR) is 79.9 cm³/mol. The van der Waals surface area contributed by atoms with Crippen LogP contribution < -0.4 is 5.73 Å². The van der Waals surface area contributed by atoms with E-state index in [1.54, 1.807) is 4.90 Å². The van der Waals surface area contributed by atoms with Crippen LogP contribution in [0.5, 0.6) is 0 Å². The van der Waals surface area contributed by atoms with Crippen LogP contribution in [0.1, 0.15) is 17.5 Å². The maximum Gasteiger partial charge on any atom is 0.236 e. The molecule has 1 saturated heterocycles. The van der Waals surface area contributed by atoms with E-state index in [1.807, 2.05) is 25.2 Å². The van der Waals surface area contributed by atoms with Gasteiger partial charge in [0.1, 0.15) is 0 Å². The second kappa shape index (κ2) is 7.09. The first-order valence-corrected chi connectivity index (χ1v) is 6.94. The number of hydrogen-bond donors (Lipinski definition) is 1. The summed E-state index contributed by atoms with van der Waals surface area (Å²) in [4.78, 5) is 15.9. The average molecular weight is 271 g/mol. The number of nitrogens with zero attached hydrogens (tertiary/aromatic N) is 2. The fourth-order valence-corrected chi connectivity index (χ4v) is 2.35. The minimum absolute atomic E-state index is 0.188. The molecule has 1 aromatic carbocycles. The standard InChI is InChI=1S/C16H21N3O/c1-18-10-5-11-19(13-16(18)20)12-15-7-3-2-6-14(15)8-4-9-17/h2-3,6-7H,5,9-13,17H2,1H3. The lowest BCUT2D eigenvalue weighted by molar-refractivity contribution is -0.129. The summed E-state index contributed by atoms with van der Waals surface area (Å²) in [6.07, 6.45) is 1.01. The Morgan fingerprint density at radius 1 is 1.30 bits per heavy atom. The molecule has 1 fully saturated rings. The average Bonchev–Trinajstić information content (AvgIpc) is 2.60. The van der Waals surface area contributed by atoms with Crippen molar-refractivity contribution in [3.05, 3.63) is 35.4 Å². The Balaban J connectivity index is 2.11. The van der Waals surface area contributed by atoms with Crippen molar-refractivity contribution in [2.24, 2.45) is 5.73 Å². The molecule has 1 aliphatic heterocycles. The molecule has 0 aliphatic carbocycles. The maximum atomic E-state index is 11.9. The minimum Gasteiger partial charge on any atom is -0.345 e. The molecule has 0 unspecified atom stereocenters. The topological polar surface area (TPSA) is 49.6 Å². The first kappa shape index (κ1) is 14.6. The summed E-state index contributed by atoms with van der Waals surface area (Å²) in [6, 6.07) is 8.06. The van der Waals surface area contributed by atoms with Gasteiger partial charge in [0.15, 0.2) is 0 Å². The Morgan fingerprint density at radius 3 is 2.90 bits per heavy atom. The predicted octanol–water partition coefficient (Wildman–Crippen LogP) is 0.661. The van der Waals surface area contributed by atoms with Crippen molar-refractivity contribution in [2.75, 3.05) is 33.2 Å². The van der Waals surface area contributed by atoms with E-state index in [1.165, 1.54) is 0 Å². The highest BCUT2D eigenvalue weighted by molar-refractivity contribution is 5.78. The Labute approximate surface area is 120 Å². The molecule has 1 aromatic rings. The van der Waals surface area contributed by atoms with Crippen LogP contribution >= 0.6 is 0 Å². The number of benzene rings is 1. The lowest BCUT2D eigenvalue weighted by Gasteiger charge is -2.20. The van der Waals surface area contributed by atoms with E-state index in [9.17, 15) is 4.79 Å². The summed E-state index contributed by atoms with van der Waals surface area (Å²) in [6.45, 7) is 3.38. The molecule has 0 radical (unpaired) electrons. The number of nitrogens with two attached hydrogens (primary N) is 1. The van der Waals surface area contributed by atoms with E-state index in [0.29, 0.717) is 13.1 Å². The zero-order valence-corrected chi connectivity index (χ0v) is 11.9. The molecular weight excluding hydrogens is 250 g/mol. The van der Waals surface area contributed by atoms with E-state index in [0.717, 1.165) is 37.2 Å². The molecule has 20 heavy (non-hydrogen) atoms. The van der Waals surface area contributed by atoms with Crippen LogP contribution in [0.25, 0.3) is 0 Å². The van der Waals surface area contributed by atoms with Crippen molar-refractivity contribution in [2.45, 2.75) is 13.0 Å². The number of rotatable bonds is 2. The van der Waals surface area contributed by atoms with E-state index < -0.39 is 0 Å². The molecule has 4 nitrogen and oxygen atoms in total. The van der Waals surface area contributed by atoms with Crippen molar-refractivity contribution in [1.82, 2.24) is 9.80 Å². The fraction of sp³-hybridized carbons (Fsp3) is 0.438. The van der Waals surface area contributed by atoms with Gasteiger partial charge in [-0.1, -0.05) is 30.0 Å². The SMILES string of the molecule is CN1CCCN(Cc2ccccc2C#CCN)CC1=O. The third-order valence-corrected chi connectivity index (χ3v) is 3.49. The molecular formula is C16H21N3O. The fourth-order valence-electron chi connectivity index (χ4n) is 2.35. The second-order valence-corrected chi connectivity index (χ2v) is 5.04. The molecule has 106 valence electrons. The van der Waals surface area contributed by atoms with Gasteiger partial charge >= 0.3 is 0 Å². The van der Waals surface area contributed by atoms with Crippen LogP contribution in [-0.2, 0) is 11.3 Å². The number of hydrogen-bond acceptors (Lipinski definition) is 3. The molecule has 1 aliphatic rings. The summed E-state index contributed by atoms with van der Waals surface area (Å²) in [5.41, 5.74) is 7.59. The molecule has 0 saturated carbocycles. The summed E-state index contributed by atoms with van der Waals surface area (Å²) >= 11 is 0. The smallest absolute Gasteiger partial charge is 0.236 e. The van der Waals surface area contributed by atoms with Crippen LogP contribution in [0.15, 0.2) is 24.3 Å². The van der Waals surface area contributed by atoms with Crippen LogP contribution in [0.3, 0.4) is 0 Å². The van der Waals surface area contributed by atoms with Gasteiger partial charge in [-0.15, -0.1) is 0 Å². The molecule has 0 aromatic heterocycles. The van der Waals surface area contributed by atoms with Crippen LogP contribution in [0.4, 0.5) is 0 Å². The van der Waals surface area contributed by atoms with Gasteiger partial charge in [-0.2, -0.15) is 0 Å². The molecule has 4 heteroatoms. The van der Waals surface area contributed by atoms with Crippen molar-refractivity contribution in [1.29, 1.82) is 0 Å². The number of likely N-dealkylation sites (N-methyl/N-ethyl adjacent to an activating group) is 1. The van der Waals surface area contributed by atoms with Gasteiger partial charge in [0, 0.05) is 32.2 Å². The van der Waals surface area contributed by atoms with Gasteiger partial charge in [-0.05, 0) is 18.1 Å². The first-order valence-electron chi connectivity index (χ1n) is 6.94. The van der Waals surface area contributed by atoms with Gasteiger partial charge in [-0.3, -0.25) is 9.69 Å². The molecule has 2 N–H and O–H groups in total. The molecule has 0 bridgehead atoms. The van der Waals surface area contributed by atoms with E-state index in [4.69, 9.17) is 5.73 Å². The van der Waals surface area contributed by atoms with Crippen LogP contribution in [0.2, 0.25) is 0 Å². The maximum absolute atomic E-state index is 11.9. The Bertz CT molecular complexity index is 530. The van der Waals surface area contributed by atoms with Crippen molar-refractivity contribution in [3.8, 4) is 11.8 Å². The van der Waals surface area contributed by atoms with Gasteiger partial charge in [0.25, 0.3) is 0 Å². The molecule has 1 heterocycles. The zero-order chi connectivity index (χ0) is 14.4. The molecule has 2 rings (SSSR count). The Kier molecular flexibility index (Phi) is 5.16. The lowest BCUT2D eigenvalue weighted by Crippen LogP contribution is -2.34. The summed E-state index contributed by atoms with van der Waals surface area (Å²) < 4.78 is 0. The lowest BCUT2D eigenvalue weighted by atomic mass is 10.1. The quantitative estimate of drug-likeness (QED) is 0.804. The number of carbonyl (C=O) groups excluding carboxylic acids is 1. The highest BCUT2D eigenvalue weighted by Gasteiger charge is 2.19. The summed E-state index contributed by atoms with van der Waals surface area (Å²) in [7, 11) is 1.87. The second-order valence-electron chi connectivity index (χ2n) is 5.04. The van der Waals surface area contributed by atoms with Gasteiger partial charge in [-0.25, -0.2) is 0 Å². The summed E-state index contributed by atoms with van der Waals surface area (Å²) in [5.74, 6) is 6.18. The van der Waals surface area contributed by atoms with Crippen LogP contribution in [-0.4, -0.2) is 48.9 Å². The number of amides is 1. The minimum atomic E-state index is 0.188. The van der Waals surface area contributed by atoms with E-state index >= 15 is 0 Å². The molecule has 1 amide bonds. The van der Waals surface area contributed by atoms with Crippen molar-refractivity contribution >= 4 is 5.91 Å².